The van der Waals surface area contributed by atoms with Crippen molar-refractivity contribution in [1.29, 1.82) is 0 Å². The quantitative estimate of drug-likeness (QED) is 0.797. The van der Waals surface area contributed by atoms with E-state index in [-0.39, 0.29) is 23.4 Å². The number of thioether (sulfide) groups is 1. The molecular formula is C16H20F2N4OS. The summed E-state index contributed by atoms with van der Waals surface area (Å²) < 4.78 is 28.4. The Morgan fingerprint density at radius 3 is 2.54 bits per heavy atom. The van der Waals surface area contributed by atoms with E-state index in [1.165, 1.54) is 17.8 Å². The van der Waals surface area contributed by atoms with Gasteiger partial charge in [-0.3, -0.25) is 4.79 Å². The fourth-order valence-electron chi connectivity index (χ4n) is 2.17. The summed E-state index contributed by atoms with van der Waals surface area (Å²) in [5.41, 5.74) is -0.0461. The Kier molecular flexibility index (Phi) is 5.93. The Hall–Kier alpha value is -1.96. The van der Waals surface area contributed by atoms with Gasteiger partial charge < -0.3 is 9.88 Å². The summed E-state index contributed by atoms with van der Waals surface area (Å²) >= 11 is 1.23. The van der Waals surface area contributed by atoms with Gasteiger partial charge in [-0.2, -0.15) is 0 Å². The maximum atomic E-state index is 13.5. The van der Waals surface area contributed by atoms with E-state index in [0.717, 1.165) is 18.0 Å². The van der Waals surface area contributed by atoms with Crippen LogP contribution in [0.3, 0.4) is 0 Å². The van der Waals surface area contributed by atoms with Crippen LogP contribution in [0.2, 0.25) is 0 Å². The van der Waals surface area contributed by atoms with Crippen molar-refractivity contribution in [2.45, 2.75) is 44.8 Å². The van der Waals surface area contributed by atoms with Crippen molar-refractivity contribution in [3.05, 3.63) is 35.7 Å². The fourth-order valence-corrected chi connectivity index (χ4v) is 3.05. The summed E-state index contributed by atoms with van der Waals surface area (Å²) in [6, 6.07) is 3.18. The molecule has 0 bridgehead atoms. The van der Waals surface area contributed by atoms with Gasteiger partial charge in [0, 0.05) is 18.0 Å². The smallest absolute Gasteiger partial charge is 0.234 e. The van der Waals surface area contributed by atoms with E-state index in [1.54, 1.807) is 0 Å². The lowest BCUT2D eigenvalue weighted by Crippen LogP contribution is -2.16. The van der Waals surface area contributed by atoms with Gasteiger partial charge in [0.25, 0.3) is 0 Å². The number of hydrogen-bond acceptors (Lipinski definition) is 4. The molecule has 130 valence electrons. The van der Waals surface area contributed by atoms with E-state index < -0.39 is 17.5 Å². The topological polar surface area (TPSA) is 59.8 Å². The average Bonchev–Trinajstić information content (AvgIpc) is 2.92. The Labute approximate surface area is 143 Å². The molecule has 1 aromatic carbocycles. The van der Waals surface area contributed by atoms with Crippen molar-refractivity contribution in [2.24, 2.45) is 0 Å². The minimum Gasteiger partial charge on any atom is -0.323 e. The molecular weight excluding hydrogens is 334 g/mol. The van der Waals surface area contributed by atoms with Crippen molar-refractivity contribution >= 4 is 23.4 Å². The summed E-state index contributed by atoms with van der Waals surface area (Å²) in [4.78, 5) is 12.0. The molecule has 0 saturated heterocycles. The molecule has 5 nitrogen and oxygen atoms in total. The monoisotopic (exact) mass is 354 g/mol. The number of hydrogen-bond donors (Lipinski definition) is 1. The van der Waals surface area contributed by atoms with Gasteiger partial charge in [0.15, 0.2) is 5.16 Å². The highest BCUT2D eigenvalue weighted by molar-refractivity contribution is 7.99. The minimum absolute atomic E-state index is 0.0461. The summed E-state index contributed by atoms with van der Waals surface area (Å²) in [6.07, 6.45) is 0. The third kappa shape index (κ3) is 4.31. The number of nitrogens with zero attached hydrogens (tertiary/aromatic N) is 3. The standard InChI is InChI=1S/C16H20F2N4OS/c1-9(2)15-20-21-16(22(15)10(3)4)24-8-14(23)19-13-6-5-11(17)7-12(13)18/h5-7,9-10H,8H2,1-4H3,(H,19,23). The summed E-state index contributed by atoms with van der Waals surface area (Å²) in [6.45, 7) is 8.10. The van der Waals surface area contributed by atoms with Crippen molar-refractivity contribution in [1.82, 2.24) is 14.8 Å². The van der Waals surface area contributed by atoms with E-state index in [2.05, 4.69) is 15.5 Å². The number of carbonyl (C=O) groups excluding carboxylic acids is 1. The zero-order valence-electron chi connectivity index (χ0n) is 14.0. The van der Waals surface area contributed by atoms with Crippen LogP contribution in [-0.4, -0.2) is 26.4 Å². The van der Waals surface area contributed by atoms with Gasteiger partial charge in [-0.25, -0.2) is 8.78 Å². The molecule has 24 heavy (non-hydrogen) atoms. The zero-order chi connectivity index (χ0) is 17.9. The lowest BCUT2D eigenvalue weighted by Gasteiger charge is -2.15. The molecule has 0 fully saturated rings. The van der Waals surface area contributed by atoms with Gasteiger partial charge in [0.05, 0.1) is 11.4 Å². The third-order valence-electron chi connectivity index (χ3n) is 3.26. The molecule has 2 aromatic rings. The van der Waals surface area contributed by atoms with E-state index in [9.17, 15) is 13.6 Å². The lowest BCUT2D eigenvalue weighted by molar-refractivity contribution is -0.113. The number of amides is 1. The highest BCUT2D eigenvalue weighted by Crippen LogP contribution is 2.25. The molecule has 1 amide bonds. The first-order valence-corrected chi connectivity index (χ1v) is 8.60. The van der Waals surface area contributed by atoms with Crippen LogP contribution in [0.25, 0.3) is 0 Å². The highest BCUT2D eigenvalue weighted by atomic mass is 32.2. The minimum atomic E-state index is -0.805. The Morgan fingerprint density at radius 1 is 1.25 bits per heavy atom. The van der Waals surface area contributed by atoms with Crippen LogP contribution in [0.15, 0.2) is 23.4 Å². The van der Waals surface area contributed by atoms with Gasteiger partial charge in [-0.1, -0.05) is 25.6 Å². The molecule has 0 saturated carbocycles. The van der Waals surface area contributed by atoms with Gasteiger partial charge in [0.1, 0.15) is 17.5 Å². The molecule has 0 unspecified atom stereocenters. The fraction of sp³-hybridized carbons (Fsp3) is 0.438. The van der Waals surface area contributed by atoms with Crippen molar-refractivity contribution < 1.29 is 13.6 Å². The predicted molar refractivity (Wildman–Crippen MR) is 90.2 cm³/mol. The molecule has 2 rings (SSSR count). The van der Waals surface area contributed by atoms with Crippen molar-refractivity contribution in [3.8, 4) is 0 Å². The SMILES string of the molecule is CC(C)c1nnc(SCC(=O)Nc2ccc(F)cc2F)n1C(C)C. The molecule has 0 aliphatic heterocycles. The number of nitrogens with one attached hydrogen (secondary N) is 1. The number of aromatic nitrogens is 3. The van der Waals surface area contributed by atoms with Crippen LogP contribution in [0, 0.1) is 11.6 Å². The van der Waals surface area contributed by atoms with Crippen LogP contribution < -0.4 is 5.32 Å². The molecule has 0 aliphatic carbocycles. The predicted octanol–water partition coefficient (Wildman–Crippen LogP) is 3.99. The van der Waals surface area contributed by atoms with Gasteiger partial charge in [-0.15, -0.1) is 10.2 Å². The summed E-state index contributed by atoms with van der Waals surface area (Å²) in [5.74, 6) is -0.754. The number of carbonyl (C=O) groups is 1. The van der Waals surface area contributed by atoms with E-state index in [1.807, 2.05) is 32.3 Å². The second-order valence-corrected chi connectivity index (χ2v) is 6.86. The van der Waals surface area contributed by atoms with Crippen LogP contribution in [-0.2, 0) is 4.79 Å². The highest BCUT2D eigenvalue weighted by Gasteiger charge is 2.18. The maximum Gasteiger partial charge on any atom is 0.234 e. The Morgan fingerprint density at radius 2 is 1.96 bits per heavy atom. The zero-order valence-corrected chi connectivity index (χ0v) is 14.8. The first-order chi connectivity index (χ1) is 11.3. The maximum absolute atomic E-state index is 13.5. The Balaban J connectivity index is 2.04. The largest absolute Gasteiger partial charge is 0.323 e. The number of anilines is 1. The number of benzene rings is 1. The normalized spacial score (nSPS) is 11.3. The van der Waals surface area contributed by atoms with Crippen LogP contribution in [0.5, 0.6) is 0 Å². The van der Waals surface area contributed by atoms with E-state index in [0.29, 0.717) is 5.16 Å². The second-order valence-electron chi connectivity index (χ2n) is 5.92. The first-order valence-electron chi connectivity index (χ1n) is 7.62. The molecule has 0 spiro atoms. The first kappa shape index (κ1) is 18.4. The molecule has 0 atom stereocenters. The van der Waals surface area contributed by atoms with Crippen LogP contribution >= 0.6 is 11.8 Å². The number of rotatable bonds is 6. The summed E-state index contributed by atoms with van der Waals surface area (Å²) in [7, 11) is 0. The van der Waals surface area contributed by atoms with E-state index >= 15 is 0 Å². The van der Waals surface area contributed by atoms with E-state index in [4.69, 9.17) is 0 Å². The number of halogens is 2. The second kappa shape index (κ2) is 7.74. The Bertz CT molecular complexity index is 731. The van der Waals surface area contributed by atoms with Crippen LogP contribution in [0.4, 0.5) is 14.5 Å². The summed E-state index contributed by atoms with van der Waals surface area (Å²) in [5, 5.41) is 11.4. The van der Waals surface area contributed by atoms with Crippen molar-refractivity contribution in [2.75, 3.05) is 11.1 Å². The van der Waals surface area contributed by atoms with Crippen molar-refractivity contribution in [3.63, 3.8) is 0 Å². The molecule has 8 heteroatoms. The van der Waals surface area contributed by atoms with Gasteiger partial charge in [-0.05, 0) is 26.0 Å². The molecule has 1 heterocycles. The average molecular weight is 354 g/mol. The molecule has 1 aromatic heterocycles. The van der Waals surface area contributed by atoms with Gasteiger partial charge in [0.2, 0.25) is 5.91 Å². The lowest BCUT2D eigenvalue weighted by atomic mass is 10.2. The third-order valence-corrected chi connectivity index (χ3v) is 4.20. The molecule has 0 aliphatic rings. The van der Waals surface area contributed by atoms with Gasteiger partial charge >= 0.3 is 0 Å². The molecule has 0 radical (unpaired) electrons. The van der Waals surface area contributed by atoms with Crippen LogP contribution in [0.1, 0.15) is 45.5 Å². The molecule has 1 N–H and O–H groups in total.